The molecule has 0 spiro atoms. The molecular formula is C16H25NO4. The van der Waals surface area contributed by atoms with E-state index in [0.29, 0.717) is 12.5 Å². The third-order valence-corrected chi connectivity index (χ3v) is 5.68. The molecule has 0 aromatic rings. The van der Waals surface area contributed by atoms with E-state index in [1.165, 1.54) is 0 Å². The molecule has 118 valence electrons. The van der Waals surface area contributed by atoms with Crippen molar-refractivity contribution in [2.45, 2.75) is 59.1 Å². The van der Waals surface area contributed by atoms with Crippen LogP contribution in [0, 0.1) is 22.7 Å². The van der Waals surface area contributed by atoms with Crippen LogP contribution in [0.15, 0.2) is 0 Å². The van der Waals surface area contributed by atoms with Gasteiger partial charge in [-0.05, 0) is 44.9 Å². The van der Waals surface area contributed by atoms with Gasteiger partial charge in [-0.25, -0.2) is 4.79 Å². The fraction of sp³-hybridized carbons (Fsp3) is 0.875. The minimum Gasteiger partial charge on any atom is -0.481 e. The largest absolute Gasteiger partial charge is 0.481 e. The minimum absolute atomic E-state index is 0.0442. The first-order valence-electron chi connectivity index (χ1n) is 7.73. The SMILES string of the molecule is CC(C)(C)OC(=O)N1C[C@@H]2C[C@H]1C2C1(C(=O)O)CC1(C)C. The number of carboxylic acid groups (broad SMARTS) is 1. The molecule has 2 heterocycles. The zero-order valence-electron chi connectivity index (χ0n) is 13.5. The summed E-state index contributed by atoms with van der Waals surface area (Å²) in [5.41, 5.74) is -1.31. The van der Waals surface area contributed by atoms with Gasteiger partial charge in [0.1, 0.15) is 5.60 Å². The summed E-state index contributed by atoms with van der Waals surface area (Å²) < 4.78 is 5.45. The predicted octanol–water partition coefficient (Wildman–Crippen LogP) is 2.74. The number of hydrogen-bond donors (Lipinski definition) is 1. The van der Waals surface area contributed by atoms with Gasteiger partial charge < -0.3 is 14.7 Å². The Bertz CT molecular complexity index is 507. The smallest absolute Gasteiger partial charge is 0.410 e. The highest BCUT2D eigenvalue weighted by Crippen LogP contribution is 2.74. The first-order chi connectivity index (χ1) is 9.49. The lowest BCUT2D eigenvalue weighted by Gasteiger charge is -2.42. The van der Waals surface area contributed by atoms with Gasteiger partial charge in [0, 0.05) is 18.5 Å². The molecule has 4 aliphatic rings. The summed E-state index contributed by atoms with van der Waals surface area (Å²) >= 11 is 0. The molecule has 4 atom stereocenters. The van der Waals surface area contributed by atoms with Crippen LogP contribution in [0.25, 0.3) is 0 Å². The summed E-state index contributed by atoms with van der Waals surface area (Å²) in [4.78, 5) is 25.9. The van der Waals surface area contributed by atoms with Crippen LogP contribution in [0.1, 0.15) is 47.5 Å². The van der Waals surface area contributed by atoms with Crippen LogP contribution < -0.4 is 0 Å². The highest BCUT2D eigenvalue weighted by Gasteiger charge is 2.77. The Kier molecular flexibility index (Phi) is 2.74. The lowest BCUT2D eigenvalue weighted by Crippen LogP contribution is -2.50. The fourth-order valence-electron chi connectivity index (χ4n) is 4.61. The maximum absolute atomic E-state index is 12.3. The number of carboxylic acids is 1. The summed E-state index contributed by atoms with van der Waals surface area (Å²) in [7, 11) is 0. The summed E-state index contributed by atoms with van der Waals surface area (Å²) in [5.74, 6) is -0.281. The summed E-state index contributed by atoms with van der Waals surface area (Å²) in [6, 6.07) is 0.0442. The second-order valence-electron chi connectivity index (χ2n) is 8.56. The number of hydrogen-bond acceptors (Lipinski definition) is 3. The van der Waals surface area contributed by atoms with Gasteiger partial charge in [0.25, 0.3) is 0 Å². The Morgan fingerprint density at radius 2 is 1.86 bits per heavy atom. The van der Waals surface area contributed by atoms with Crippen LogP contribution in [0.5, 0.6) is 0 Å². The van der Waals surface area contributed by atoms with Gasteiger partial charge in [-0.15, -0.1) is 0 Å². The Labute approximate surface area is 125 Å². The number of carbonyl (C=O) groups is 2. The van der Waals surface area contributed by atoms with Crippen molar-refractivity contribution in [1.29, 1.82) is 0 Å². The maximum atomic E-state index is 12.3. The summed E-state index contributed by atoms with van der Waals surface area (Å²) in [6.45, 7) is 10.3. The van der Waals surface area contributed by atoms with Gasteiger partial charge in [-0.3, -0.25) is 4.79 Å². The second kappa shape index (κ2) is 3.93. The van der Waals surface area contributed by atoms with Gasteiger partial charge in [0.05, 0.1) is 5.41 Å². The van der Waals surface area contributed by atoms with Gasteiger partial charge in [0.15, 0.2) is 0 Å². The maximum Gasteiger partial charge on any atom is 0.410 e. The molecular weight excluding hydrogens is 270 g/mol. The van der Waals surface area contributed by atoms with Crippen molar-refractivity contribution in [3.63, 3.8) is 0 Å². The third-order valence-electron chi connectivity index (χ3n) is 5.68. The van der Waals surface area contributed by atoms with Gasteiger partial charge >= 0.3 is 12.1 Å². The number of ether oxygens (including phenoxy) is 1. The van der Waals surface area contributed by atoms with E-state index in [-0.39, 0.29) is 23.5 Å². The Morgan fingerprint density at radius 1 is 1.29 bits per heavy atom. The molecule has 4 rings (SSSR count). The van der Waals surface area contributed by atoms with E-state index in [9.17, 15) is 14.7 Å². The average molecular weight is 295 g/mol. The van der Waals surface area contributed by atoms with Crippen LogP contribution in [0.4, 0.5) is 4.79 Å². The Morgan fingerprint density at radius 3 is 2.29 bits per heavy atom. The van der Waals surface area contributed by atoms with E-state index in [1.807, 2.05) is 34.6 Å². The van der Waals surface area contributed by atoms with Crippen molar-refractivity contribution >= 4 is 12.1 Å². The van der Waals surface area contributed by atoms with Crippen molar-refractivity contribution in [2.75, 3.05) is 6.54 Å². The molecule has 2 unspecified atom stereocenters. The number of fused-ring (bicyclic) bond motifs is 1. The number of nitrogens with zero attached hydrogens (tertiary/aromatic N) is 1. The van der Waals surface area contributed by atoms with Gasteiger partial charge in [-0.1, -0.05) is 13.8 Å². The van der Waals surface area contributed by atoms with Crippen molar-refractivity contribution in [2.24, 2.45) is 22.7 Å². The van der Waals surface area contributed by atoms with Crippen LogP contribution in [-0.2, 0) is 9.53 Å². The van der Waals surface area contributed by atoms with E-state index in [0.717, 1.165) is 12.8 Å². The molecule has 4 fully saturated rings. The Balaban J connectivity index is 1.76. The van der Waals surface area contributed by atoms with Crippen molar-refractivity contribution in [1.82, 2.24) is 4.90 Å². The molecule has 1 N–H and O–H groups in total. The number of amides is 1. The monoisotopic (exact) mass is 295 g/mol. The zero-order chi connectivity index (χ0) is 15.8. The molecule has 21 heavy (non-hydrogen) atoms. The molecule has 5 nitrogen and oxygen atoms in total. The number of rotatable bonds is 2. The predicted molar refractivity (Wildman–Crippen MR) is 76.8 cm³/mol. The van der Waals surface area contributed by atoms with E-state index in [4.69, 9.17) is 4.74 Å². The summed E-state index contributed by atoms with van der Waals surface area (Å²) in [5, 5.41) is 9.71. The van der Waals surface area contributed by atoms with Crippen LogP contribution in [0.2, 0.25) is 0 Å². The summed E-state index contributed by atoms with van der Waals surface area (Å²) in [6.07, 6.45) is 1.35. The molecule has 2 saturated heterocycles. The van der Waals surface area contributed by atoms with Gasteiger partial charge in [0.2, 0.25) is 0 Å². The van der Waals surface area contributed by atoms with Crippen molar-refractivity contribution in [3.8, 4) is 0 Å². The van der Waals surface area contributed by atoms with E-state index in [2.05, 4.69) is 0 Å². The molecule has 2 aliphatic carbocycles. The second-order valence-corrected chi connectivity index (χ2v) is 8.56. The van der Waals surface area contributed by atoms with Gasteiger partial charge in [-0.2, -0.15) is 0 Å². The highest BCUT2D eigenvalue weighted by molar-refractivity contribution is 5.81. The molecule has 2 saturated carbocycles. The lowest BCUT2D eigenvalue weighted by molar-refractivity contribution is -0.151. The van der Waals surface area contributed by atoms with E-state index in [1.54, 1.807) is 4.90 Å². The van der Waals surface area contributed by atoms with Crippen molar-refractivity contribution < 1.29 is 19.4 Å². The number of aliphatic carboxylic acids is 1. The third kappa shape index (κ3) is 1.89. The molecule has 0 radical (unpaired) electrons. The number of carbonyl (C=O) groups excluding carboxylic acids is 1. The minimum atomic E-state index is -0.696. The first kappa shape index (κ1) is 14.7. The topological polar surface area (TPSA) is 66.8 Å². The van der Waals surface area contributed by atoms with Crippen LogP contribution >= 0.6 is 0 Å². The molecule has 5 heteroatoms. The normalized spacial score (nSPS) is 39.7. The van der Waals surface area contributed by atoms with E-state index < -0.39 is 17.0 Å². The van der Waals surface area contributed by atoms with Crippen LogP contribution in [0.3, 0.4) is 0 Å². The van der Waals surface area contributed by atoms with E-state index >= 15 is 0 Å². The molecule has 1 amide bonds. The quantitative estimate of drug-likeness (QED) is 0.850. The van der Waals surface area contributed by atoms with Crippen LogP contribution in [-0.4, -0.2) is 40.3 Å². The average Bonchev–Trinajstić information content (AvgIpc) is 2.65. The molecule has 0 aromatic heterocycles. The Hall–Kier alpha value is -1.26. The standard InChI is InChI=1S/C16H25NO4/c1-14(2,3)21-13(20)17-7-9-6-10(17)11(9)16(12(18)19)8-15(16,4)5/h9-11H,6-8H2,1-5H3,(H,18,19)/t9-,10-,11?,16?/m0/s1. The molecule has 2 aliphatic heterocycles. The molecule has 0 aromatic carbocycles. The fourth-order valence-corrected chi connectivity index (χ4v) is 4.61. The molecule has 2 bridgehead atoms. The zero-order valence-corrected chi connectivity index (χ0v) is 13.5. The highest BCUT2D eigenvalue weighted by atomic mass is 16.6. The first-order valence-corrected chi connectivity index (χ1v) is 7.73. The van der Waals surface area contributed by atoms with Crippen molar-refractivity contribution in [3.05, 3.63) is 0 Å². The lowest BCUT2D eigenvalue weighted by atomic mass is 9.63.